The zero-order valence-corrected chi connectivity index (χ0v) is 22.2. The predicted molar refractivity (Wildman–Crippen MR) is 148 cm³/mol. The second kappa shape index (κ2) is 22.6. The molecule has 4 nitrogen and oxygen atoms in total. The number of carbonyl (C=O) groups excluding carboxylic acids is 1. The molecule has 1 N–H and O–H groups in total. The Bertz CT molecular complexity index is 968. The summed E-state index contributed by atoms with van der Waals surface area (Å²) in [6.45, 7) is 2.15. The minimum absolute atomic E-state index is 0.300. The first-order valence-electron chi connectivity index (χ1n) is 12.6. The highest BCUT2D eigenvalue weighted by molar-refractivity contribution is 5.91. The maximum absolute atomic E-state index is 12.2. The highest BCUT2D eigenvalue weighted by Gasteiger charge is 2.31. The number of alkyl halides is 3. The van der Waals surface area contributed by atoms with E-state index in [9.17, 15) is 22.8 Å². The summed E-state index contributed by atoms with van der Waals surface area (Å²) in [5, 5.41) is 8.63. The molecule has 208 valence electrons. The monoisotopic (exact) mass is 532 g/mol. The minimum Gasteiger partial charge on any atom is -0.496 e. The Morgan fingerprint density at radius 3 is 1.61 bits per heavy atom. The van der Waals surface area contributed by atoms with E-state index in [-0.39, 0.29) is 11.3 Å². The van der Waals surface area contributed by atoms with Crippen LogP contribution in [0.1, 0.15) is 74.2 Å². The van der Waals surface area contributed by atoms with E-state index in [0.717, 1.165) is 64.4 Å². The summed E-state index contributed by atoms with van der Waals surface area (Å²) in [6, 6.07) is 2.22. The van der Waals surface area contributed by atoms with E-state index in [4.69, 9.17) is 5.11 Å². The van der Waals surface area contributed by atoms with Gasteiger partial charge in [0.2, 0.25) is 0 Å². The largest absolute Gasteiger partial charge is 0.496 e. The molecular weight excluding hydrogens is 493 g/mol. The molecule has 0 radical (unpaired) electrons. The number of aldehydes is 1. The van der Waals surface area contributed by atoms with Crippen LogP contribution in [0.15, 0.2) is 91.1 Å². The predicted octanol–water partition coefficient (Wildman–Crippen LogP) is 9.08. The first-order valence-corrected chi connectivity index (χ1v) is 12.6. The average molecular weight is 533 g/mol. The van der Waals surface area contributed by atoms with Gasteiger partial charge in [-0.3, -0.25) is 0 Å². The van der Waals surface area contributed by atoms with Crippen molar-refractivity contribution in [2.45, 2.75) is 64.5 Å². The number of hydrogen-bond acceptors (Lipinski definition) is 3. The van der Waals surface area contributed by atoms with Gasteiger partial charge in [0, 0.05) is 6.42 Å². The van der Waals surface area contributed by atoms with Crippen molar-refractivity contribution in [1.82, 2.24) is 0 Å². The fourth-order valence-corrected chi connectivity index (χ4v) is 2.85. The number of carboxylic acid groups (broad SMARTS) is 1. The van der Waals surface area contributed by atoms with Crippen LogP contribution in [0.3, 0.4) is 0 Å². The van der Waals surface area contributed by atoms with Gasteiger partial charge in [-0.15, -0.1) is 0 Å². The third kappa shape index (κ3) is 18.6. The standard InChI is InChI=1S/C22H32O.C9H7F3O3/c1-2-3-4-5-6-7-8-9-10-11-12-13-14-15-16-17-18-19-20-21-22-23;1-15-7-4-5(9(10,11)12)2-3-6(7)8(13)14/h3-4,6-7,9-10,12-13,15-16,18-19,22H,2,5,8,11,14,17,20-21H2,1H3;2-4H,1H3,(H,13,14)/b4-3-,7-6-,10-9-,13-12-,16-15-,19-18-;. The summed E-state index contributed by atoms with van der Waals surface area (Å²) in [4.78, 5) is 20.7. The van der Waals surface area contributed by atoms with Gasteiger partial charge in [0.05, 0.1) is 12.7 Å². The van der Waals surface area contributed by atoms with Gasteiger partial charge < -0.3 is 14.6 Å². The Balaban J connectivity index is 0.000000784. The molecule has 0 aliphatic carbocycles. The molecule has 0 aliphatic rings. The Kier molecular flexibility index (Phi) is 20.4. The molecule has 0 saturated carbocycles. The highest BCUT2D eigenvalue weighted by atomic mass is 19.4. The maximum Gasteiger partial charge on any atom is 0.416 e. The molecule has 1 aromatic carbocycles. The molecule has 0 aliphatic heterocycles. The molecule has 0 fully saturated rings. The van der Waals surface area contributed by atoms with Crippen molar-refractivity contribution in [2.75, 3.05) is 7.11 Å². The van der Waals surface area contributed by atoms with Crippen molar-refractivity contribution >= 4 is 12.3 Å². The summed E-state index contributed by atoms with van der Waals surface area (Å²) in [5.74, 6) is -1.64. The second-order valence-electron chi connectivity index (χ2n) is 7.88. The quantitative estimate of drug-likeness (QED) is 0.131. The number of carboxylic acids is 1. The summed E-state index contributed by atoms with van der Waals surface area (Å²) in [7, 11) is 1.11. The number of ether oxygens (including phenoxy) is 1. The van der Waals surface area contributed by atoms with Crippen molar-refractivity contribution in [2.24, 2.45) is 0 Å². The maximum atomic E-state index is 12.2. The number of methoxy groups -OCH3 is 1. The molecule has 0 atom stereocenters. The molecule has 1 rings (SSSR count). The van der Waals surface area contributed by atoms with Crippen LogP contribution in [0.4, 0.5) is 13.2 Å². The molecule has 0 spiro atoms. The Morgan fingerprint density at radius 2 is 1.24 bits per heavy atom. The van der Waals surface area contributed by atoms with Crippen LogP contribution in [-0.2, 0) is 11.0 Å². The Morgan fingerprint density at radius 1 is 0.789 bits per heavy atom. The third-order valence-electron chi connectivity index (χ3n) is 4.81. The number of rotatable bonds is 16. The van der Waals surface area contributed by atoms with Gasteiger partial charge in [-0.1, -0.05) is 79.8 Å². The topological polar surface area (TPSA) is 63.6 Å². The lowest BCUT2D eigenvalue weighted by Crippen LogP contribution is -2.07. The van der Waals surface area contributed by atoms with E-state index in [0.29, 0.717) is 18.6 Å². The number of unbranched alkanes of at least 4 members (excludes halogenated alkanes) is 1. The van der Waals surface area contributed by atoms with Crippen LogP contribution >= 0.6 is 0 Å². The van der Waals surface area contributed by atoms with E-state index in [1.807, 2.05) is 0 Å². The molecule has 1 aromatic rings. The Hall–Kier alpha value is -3.61. The second-order valence-corrected chi connectivity index (χ2v) is 7.88. The smallest absolute Gasteiger partial charge is 0.416 e. The average Bonchev–Trinajstić information content (AvgIpc) is 2.89. The third-order valence-corrected chi connectivity index (χ3v) is 4.81. The number of benzene rings is 1. The zero-order valence-electron chi connectivity index (χ0n) is 22.2. The van der Waals surface area contributed by atoms with Gasteiger partial charge in [-0.05, 0) is 63.1 Å². The molecule has 7 heteroatoms. The minimum atomic E-state index is -4.51. The van der Waals surface area contributed by atoms with Crippen LogP contribution in [0.25, 0.3) is 0 Å². The number of hydrogen-bond donors (Lipinski definition) is 1. The van der Waals surface area contributed by atoms with Crippen molar-refractivity contribution in [3.63, 3.8) is 0 Å². The molecule has 0 heterocycles. The molecule has 38 heavy (non-hydrogen) atoms. The van der Waals surface area contributed by atoms with Gasteiger partial charge in [0.15, 0.2) is 0 Å². The lowest BCUT2D eigenvalue weighted by atomic mass is 10.1. The van der Waals surface area contributed by atoms with Crippen molar-refractivity contribution in [3.8, 4) is 5.75 Å². The van der Waals surface area contributed by atoms with E-state index in [1.165, 1.54) is 0 Å². The normalized spacial score (nSPS) is 12.3. The summed E-state index contributed by atoms with van der Waals surface area (Å²) in [6.07, 6.45) is 30.2. The van der Waals surface area contributed by atoms with Crippen LogP contribution < -0.4 is 4.74 Å². The lowest BCUT2D eigenvalue weighted by molar-refractivity contribution is -0.137. The number of aromatic carboxylic acids is 1. The SMILES string of the molecule is CC/C=C\C/C=C\C/C=C\C/C=C\C/C=C\C/C=C\CCC=O.COc1cc(C(F)(F)F)ccc1C(=O)O. The number of allylic oxidation sites excluding steroid dienone is 12. The van der Waals surface area contributed by atoms with E-state index in [1.54, 1.807) is 0 Å². The molecule has 0 amide bonds. The van der Waals surface area contributed by atoms with E-state index in [2.05, 4.69) is 84.6 Å². The van der Waals surface area contributed by atoms with Crippen molar-refractivity contribution < 1.29 is 32.6 Å². The number of halogens is 3. The first-order chi connectivity index (χ1) is 18.3. The molecule has 0 unspecified atom stereocenters. The van der Waals surface area contributed by atoms with Crippen LogP contribution in [-0.4, -0.2) is 24.5 Å². The fraction of sp³-hybridized carbons (Fsp3) is 0.355. The van der Waals surface area contributed by atoms with Gasteiger partial charge in [-0.2, -0.15) is 13.2 Å². The van der Waals surface area contributed by atoms with Gasteiger partial charge >= 0.3 is 12.1 Å². The molecule has 0 saturated heterocycles. The van der Waals surface area contributed by atoms with Crippen LogP contribution in [0, 0.1) is 0 Å². The van der Waals surface area contributed by atoms with Gasteiger partial charge in [0.25, 0.3) is 0 Å². The van der Waals surface area contributed by atoms with E-state index < -0.39 is 17.7 Å². The molecular formula is C31H39F3O4. The van der Waals surface area contributed by atoms with Crippen LogP contribution in [0.2, 0.25) is 0 Å². The van der Waals surface area contributed by atoms with Gasteiger partial charge in [-0.25, -0.2) is 4.79 Å². The first kappa shape index (κ1) is 34.4. The molecule has 0 bridgehead atoms. The lowest BCUT2D eigenvalue weighted by Gasteiger charge is -2.10. The van der Waals surface area contributed by atoms with Gasteiger partial charge in [0.1, 0.15) is 17.6 Å². The zero-order chi connectivity index (χ0) is 28.5. The number of carbonyl (C=O) groups is 2. The van der Waals surface area contributed by atoms with Crippen molar-refractivity contribution in [3.05, 3.63) is 102 Å². The fourth-order valence-electron chi connectivity index (χ4n) is 2.85. The highest BCUT2D eigenvalue weighted by Crippen LogP contribution is 2.32. The Labute approximate surface area is 224 Å². The van der Waals surface area contributed by atoms with Crippen LogP contribution in [0.5, 0.6) is 5.75 Å². The van der Waals surface area contributed by atoms with E-state index >= 15 is 0 Å². The molecule has 0 aromatic heterocycles. The summed E-state index contributed by atoms with van der Waals surface area (Å²) in [5.41, 5.74) is -1.24. The van der Waals surface area contributed by atoms with Crippen molar-refractivity contribution in [1.29, 1.82) is 0 Å². The summed E-state index contributed by atoms with van der Waals surface area (Å²) >= 11 is 0. The summed E-state index contributed by atoms with van der Waals surface area (Å²) < 4.78 is 41.3.